The molecule has 3 aromatic rings. The molecule has 1 amide bonds. The van der Waals surface area contributed by atoms with Crippen LogP contribution in [-0.2, 0) is 4.79 Å². The van der Waals surface area contributed by atoms with Crippen LogP contribution in [0.15, 0.2) is 24.7 Å². The highest BCUT2D eigenvalue weighted by Gasteiger charge is 2.18. The summed E-state index contributed by atoms with van der Waals surface area (Å²) in [6.45, 7) is 2.08. The first kappa shape index (κ1) is 22.3. The number of aliphatic hydroxyl groups excluding tert-OH is 1. The van der Waals surface area contributed by atoms with Crippen LogP contribution in [0, 0.1) is 6.92 Å². The molecule has 10 nitrogen and oxygen atoms in total. The van der Waals surface area contributed by atoms with E-state index in [1.807, 2.05) is 19.1 Å². The third-order valence-corrected chi connectivity index (χ3v) is 4.97. The number of nitrogens with zero attached hydrogens (tertiary/aromatic N) is 5. The van der Waals surface area contributed by atoms with Gasteiger partial charge < -0.3 is 15.7 Å². The SMILES string of the molecule is C1CCCCC1.CO.Cc1nc(-c2ncn[nH]2)ccc1-c1cnc2c(n1)NCC(=O)N2.[HH]. The van der Waals surface area contributed by atoms with Gasteiger partial charge in [-0.25, -0.2) is 19.9 Å². The summed E-state index contributed by atoms with van der Waals surface area (Å²) in [5.74, 6) is 1.48. The van der Waals surface area contributed by atoms with Crippen LogP contribution in [0.5, 0.6) is 0 Å². The standard InChI is InChI=1S/C14H12N8O.C6H12.CH4O.H2/c1-7-8(2-3-9(19-7)12-17-6-18-22-12)10-4-15-14-13(20-10)16-5-11(23)21-14;1-2-4-6-5-3-1;1-2;/h2-4,6H,5H2,1H3,(H,16,20)(H,15,21,23)(H,17,18,22);1-6H2;2H,1H3;1H. The van der Waals surface area contributed by atoms with Gasteiger partial charge in [0.25, 0.3) is 0 Å². The quantitative estimate of drug-likeness (QED) is 0.489. The average Bonchev–Trinajstić information content (AvgIpc) is 3.37. The van der Waals surface area contributed by atoms with Crippen LogP contribution < -0.4 is 10.6 Å². The maximum atomic E-state index is 11.3. The molecular formula is C21H30N8O2. The van der Waals surface area contributed by atoms with E-state index in [-0.39, 0.29) is 13.9 Å². The molecule has 5 rings (SSSR count). The van der Waals surface area contributed by atoms with Gasteiger partial charge in [0.15, 0.2) is 17.5 Å². The van der Waals surface area contributed by atoms with Crippen LogP contribution in [0.2, 0.25) is 0 Å². The van der Waals surface area contributed by atoms with Crippen molar-refractivity contribution in [2.45, 2.75) is 45.4 Å². The molecule has 1 fully saturated rings. The molecule has 2 aliphatic rings. The highest BCUT2D eigenvalue weighted by Crippen LogP contribution is 2.27. The summed E-state index contributed by atoms with van der Waals surface area (Å²) in [4.78, 5) is 28.7. The molecule has 166 valence electrons. The number of amides is 1. The van der Waals surface area contributed by atoms with E-state index < -0.39 is 0 Å². The molecule has 10 heteroatoms. The van der Waals surface area contributed by atoms with E-state index in [0.29, 0.717) is 28.8 Å². The minimum atomic E-state index is -0.131. The van der Waals surface area contributed by atoms with E-state index in [0.717, 1.165) is 18.4 Å². The number of hydrogen-bond donors (Lipinski definition) is 4. The Morgan fingerprint density at radius 2 is 1.65 bits per heavy atom. The monoisotopic (exact) mass is 426 g/mol. The number of nitrogens with one attached hydrogen (secondary N) is 3. The van der Waals surface area contributed by atoms with Gasteiger partial charge in [0.1, 0.15) is 12.0 Å². The lowest BCUT2D eigenvalue weighted by molar-refractivity contribution is -0.114. The number of aryl methyl sites for hydroxylation is 1. The van der Waals surface area contributed by atoms with Crippen molar-refractivity contribution in [2.24, 2.45) is 0 Å². The lowest BCUT2D eigenvalue weighted by Crippen LogP contribution is -2.28. The number of H-pyrrole nitrogens is 1. The van der Waals surface area contributed by atoms with Gasteiger partial charge in [-0.05, 0) is 19.1 Å². The number of rotatable bonds is 2. The van der Waals surface area contributed by atoms with E-state index in [9.17, 15) is 4.79 Å². The predicted molar refractivity (Wildman–Crippen MR) is 120 cm³/mol. The Balaban J connectivity index is 0.000000347. The first-order valence-corrected chi connectivity index (χ1v) is 10.4. The van der Waals surface area contributed by atoms with Crippen LogP contribution in [-0.4, -0.2) is 54.8 Å². The van der Waals surface area contributed by atoms with E-state index in [2.05, 4.69) is 40.8 Å². The van der Waals surface area contributed by atoms with Crippen molar-refractivity contribution < 1.29 is 11.3 Å². The molecule has 0 atom stereocenters. The lowest BCUT2D eigenvalue weighted by atomic mass is 10.0. The Kier molecular flexibility index (Phi) is 7.99. The molecule has 1 aliphatic carbocycles. The number of anilines is 2. The second-order valence-corrected chi connectivity index (χ2v) is 7.14. The Bertz CT molecular complexity index is 982. The summed E-state index contributed by atoms with van der Waals surface area (Å²) in [5, 5.41) is 19.2. The number of fused-ring (bicyclic) bond motifs is 1. The van der Waals surface area contributed by atoms with Gasteiger partial charge in [-0.2, -0.15) is 5.10 Å². The molecule has 4 N–H and O–H groups in total. The van der Waals surface area contributed by atoms with Crippen molar-refractivity contribution in [3.8, 4) is 22.8 Å². The van der Waals surface area contributed by atoms with E-state index in [4.69, 9.17) is 5.11 Å². The molecule has 4 heterocycles. The topological polar surface area (TPSA) is 142 Å². The minimum Gasteiger partial charge on any atom is -0.400 e. The van der Waals surface area contributed by atoms with Gasteiger partial charge in [0.05, 0.1) is 18.4 Å². The van der Waals surface area contributed by atoms with Crippen molar-refractivity contribution in [1.82, 2.24) is 30.1 Å². The molecular weight excluding hydrogens is 396 g/mol. The van der Waals surface area contributed by atoms with Gasteiger partial charge in [-0.3, -0.25) is 9.89 Å². The number of aliphatic hydroxyl groups is 1. The maximum absolute atomic E-state index is 11.3. The number of aromatic nitrogens is 6. The summed E-state index contributed by atoms with van der Waals surface area (Å²) >= 11 is 0. The normalized spacial score (nSPS) is 14.6. The predicted octanol–water partition coefficient (Wildman–Crippen LogP) is 3.19. The third-order valence-electron chi connectivity index (χ3n) is 4.97. The van der Waals surface area contributed by atoms with Gasteiger partial charge in [0, 0.05) is 19.8 Å². The van der Waals surface area contributed by atoms with E-state index >= 15 is 0 Å². The largest absolute Gasteiger partial charge is 0.400 e. The van der Waals surface area contributed by atoms with Crippen molar-refractivity contribution in [1.29, 1.82) is 0 Å². The fraction of sp³-hybridized carbons (Fsp3) is 0.429. The number of carbonyl (C=O) groups is 1. The van der Waals surface area contributed by atoms with Gasteiger partial charge in [0.2, 0.25) is 5.91 Å². The van der Waals surface area contributed by atoms with Crippen molar-refractivity contribution in [3.05, 3.63) is 30.4 Å². The molecule has 0 aromatic carbocycles. The number of carbonyl (C=O) groups excluding carboxylic acids is 1. The number of aromatic amines is 1. The van der Waals surface area contributed by atoms with Gasteiger partial charge >= 0.3 is 0 Å². The minimum absolute atomic E-state index is 0. The Morgan fingerprint density at radius 3 is 2.26 bits per heavy atom. The first-order valence-electron chi connectivity index (χ1n) is 10.4. The zero-order valence-electron chi connectivity index (χ0n) is 17.9. The molecule has 0 bridgehead atoms. The van der Waals surface area contributed by atoms with Gasteiger partial charge in [-0.15, -0.1) is 0 Å². The fourth-order valence-electron chi connectivity index (χ4n) is 3.43. The molecule has 1 aliphatic heterocycles. The third kappa shape index (κ3) is 5.82. The first-order chi connectivity index (χ1) is 15.2. The highest BCUT2D eigenvalue weighted by atomic mass is 16.2. The zero-order chi connectivity index (χ0) is 22.1. The summed E-state index contributed by atoms with van der Waals surface area (Å²) < 4.78 is 0. The van der Waals surface area contributed by atoms with Crippen LogP contribution in [0.1, 0.15) is 45.6 Å². The molecule has 31 heavy (non-hydrogen) atoms. The van der Waals surface area contributed by atoms with Crippen LogP contribution in [0.25, 0.3) is 22.8 Å². The Labute approximate surface area is 182 Å². The fourth-order valence-corrected chi connectivity index (χ4v) is 3.43. The van der Waals surface area contributed by atoms with Crippen molar-refractivity contribution in [2.75, 3.05) is 24.3 Å². The molecule has 3 aromatic heterocycles. The molecule has 0 spiro atoms. The van der Waals surface area contributed by atoms with Crippen LogP contribution >= 0.6 is 0 Å². The second-order valence-electron chi connectivity index (χ2n) is 7.14. The number of hydrogen-bond acceptors (Lipinski definition) is 8. The van der Waals surface area contributed by atoms with Gasteiger partial charge in [-0.1, -0.05) is 38.5 Å². The highest BCUT2D eigenvalue weighted by molar-refractivity contribution is 5.98. The smallest absolute Gasteiger partial charge is 0.244 e. The summed E-state index contributed by atoms with van der Waals surface area (Å²) in [7, 11) is 1.00. The van der Waals surface area contributed by atoms with Crippen molar-refractivity contribution >= 4 is 17.5 Å². The van der Waals surface area contributed by atoms with Crippen LogP contribution in [0.4, 0.5) is 11.6 Å². The van der Waals surface area contributed by atoms with Crippen molar-refractivity contribution in [3.63, 3.8) is 0 Å². The Hall–Kier alpha value is -3.40. The molecule has 0 unspecified atom stereocenters. The maximum Gasteiger partial charge on any atom is 0.244 e. The Morgan fingerprint density at radius 1 is 0.935 bits per heavy atom. The van der Waals surface area contributed by atoms with E-state index in [1.165, 1.54) is 44.9 Å². The second kappa shape index (κ2) is 11.1. The van der Waals surface area contributed by atoms with E-state index in [1.54, 1.807) is 6.20 Å². The summed E-state index contributed by atoms with van der Waals surface area (Å²) in [5.41, 5.74) is 3.05. The average molecular weight is 427 g/mol. The van der Waals surface area contributed by atoms with Crippen LogP contribution in [0.3, 0.4) is 0 Å². The molecule has 1 saturated carbocycles. The number of pyridine rings is 1. The lowest BCUT2D eigenvalue weighted by Gasteiger charge is -2.17. The molecule has 0 radical (unpaired) electrons. The summed E-state index contributed by atoms with van der Waals surface area (Å²) in [6.07, 6.45) is 12.1. The zero-order valence-corrected chi connectivity index (χ0v) is 17.9. The molecule has 0 saturated heterocycles. The summed E-state index contributed by atoms with van der Waals surface area (Å²) in [6, 6.07) is 3.76.